The summed E-state index contributed by atoms with van der Waals surface area (Å²) < 4.78 is 1.63. The molecule has 0 saturated heterocycles. The largest absolute Gasteiger partial charge is 0.292 e. The van der Waals surface area contributed by atoms with Gasteiger partial charge in [-0.15, -0.1) is 5.10 Å². The first-order valence-electron chi connectivity index (χ1n) is 7.03. The lowest BCUT2D eigenvalue weighted by atomic mass is 10.2. The number of Topliss-reactive ketones (excluding diaryl/α,β-unsaturated/α-hetero) is 1. The third-order valence-corrected chi connectivity index (χ3v) is 4.01. The third-order valence-electron chi connectivity index (χ3n) is 3.01. The Labute approximate surface area is 137 Å². The molecule has 5 nitrogen and oxygen atoms in total. The van der Waals surface area contributed by atoms with E-state index in [4.69, 9.17) is 0 Å². The van der Waals surface area contributed by atoms with Crippen molar-refractivity contribution in [2.75, 3.05) is 0 Å². The van der Waals surface area contributed by atoms with Crippen molar-refractivity contribution in [1.82, 2.24) is 9.78 Å². The topological polar surface area (TPSA) is 59.6 Å². The predicted octanol–water partition coefficient (Wildman–Crippen LogP) is 3.07. The fourth-order valence-electron chi connectivity index (χ4n) is 1.91. The molecule has 0 aliphatic heterocycles. The summed E-state index contributed by atoms with van der Waals surface area (Å²) in [5.41, 5.74) is 1.80. The van der Waals surface area contributed by atoms with E-state index in [1.54, 1.807) is 10.9 Å². The van der Waals surface area contributed by atoms with Gasteiger partial charge in [0.2, 0.25) is 4.80 Å². The normalized spacial score (nSPS) is 12.0. The molecule has 6 heteroatoms. The SMILES string of the molecule is CC(=O)c1nn(-c2ccccc2)/c(=N/N=C/c2ccccc2)s1. The average Bonchev–Trinajstić information content (AvgIpc) is 3.01. The van der Waals surface area contributed by atoms with Gasteiger partial charge in [-0.2, -0.15) is 10.2 Å². The van der Waals surface area contributed by atoms with Crippen LogP contribution in [-0.4, -0.2) is 21.8 Å². The highest BCUT2D eigenvalue weighted by atomic mass is 32.1. The second-order valence-electron chi connectivity index (χ2n) is 4.75. The molecule has 0 fully saturated rings. The number of carbonyl (C=O) groups is 1. The van der Waals surface area contributed by atoms with Crippen LogP contribution in [0.4, 0.5) is 0 Å². The van der Waals surface area contributed by atoms with Crippen LogP contribution in [0.15, 0.2) is 70.9 Å². The van der Waals surface area contributed by atoms with Crippen molar-refractivity contribution in [2.45, 2.75) is 6.92 Å². The van der Waals surface area contributed by atoms with Crippen LogP contribution in [0.25, 0.3) is 5.69 Å². The first-order valence-corrected chi connectivity index (χ1v) is 7.84. The molecule has 0 atom stereocenters. The molecule has 0 amide bonds. The summed E-state index contributed by atoms with van der Waals surface area (Å²) in [6.07, 6.45) is 1.67. The lowest BCUT2D eigenvalue weighted by molar-refractivity contribution is 0.101. The molecule has 114 valence electrons. The van der Waals surface area contributed by atoms with Gasteiger partial charge in [0.1, 0.15) is 0 Å². The first kappa shape index (κ1) is 15.1. The Kier molecular flexibility index (Phi) is 4.54. The number of para-hydroxylation sites is 1. The van der Waals surface area contributed by atoms with Gasteiger partial charge in [-0.1, -0.05) is 59.9 Å². The summed E-state index contributed by atoms with van der Waals surface area (Å²) in [6.45, 7) is 1.49. The van der Waals surface area contributed by atoms with Gasteiger partial charge >= 0.3 is 0 Å². The van der Waals surface area contributed by atoms with Crippen molar-refractivity contribution >= 4 is 23.3 Å². The minimum absolute atomic E-state index is 0.0897. The van der Waals surface area contributed by atoms with Gasteiger partial charge in [-0.25, -0.2) is 4.68 Å². The lowest BCUT2D eigenvalue weighted by Gasteiger charge is -1.98. The van der Waals surface area contributed by atoms with Crippen LogP contribution < -0.4 is 4.80 Å². The minimum atomic E-state index is -0.0897. The highest BCUT2D eigenvalue weighted by molar-refractivity contribution is 7.10. The monoisotopic (exact) mass is 322 g/mol. The van der Waals surface area contributed by atoms with Crippen molar-refractivity contribution in [3.63, 3.8) is 0 Å². The molecule has 0 unspecified atom stereocenters. The molecule has 1 heterocycles. The average molecular weight is 322 g/mol. The molecular weight excluding hydrogens is 308 g/mol. The summed E-state index contributed by atoms with van der Waals surface area (Å²) in [4.78, 5) is 12.1. The Morgan fingerprint density at radius 1 is 1.09 bits per heavy atom. The molecule has 3 aromatic rings. The van der Waals surface area contributed by atoms with Gasteiger partial charge in [0.25, 0.3) is 0 Å². The Bertz CT molecular complexity index is 895. The number of aromatic nitrogens is 2. The van der Waals surface area contributed by atoms with Gasteiger partial charge < -0.3 is 0 Å². The highest BCUT2D eigenvalue weighted by Crippen LogP contribution is 2.07. The van der Waals surface area contributed by atoms with E-state index in [1.807, 2.05) is 60.7 Å². The molecule has 1 aromatic heterocycles. The molecule has 3 rings (SSSR count). The summed E-state index contributed by atoms with van der Waals surface area (Å²) in [7, 11) is 0. The van der Waals surface area contributed by atoms with Gasteiger partial charge in [-0.3, -0.25) is 4.79 Å². The smallest absolute Gasteiger partial charge is 0.233 e. The molecule has 0 bridgehead atoms. The first-order chi connectivity index (χ1) is 11.2. The van der Waals surface area contributed by atoms with E-state index in [1.165, 1.54) is 18.3 Å². The summed E-state index contributed by atoms with van der Waals surface area (Å²) in [5.74, 6) is -0.0897. The maximum absolute atomic E-state index is 11.6. The molecular formula is C17H14N4OS. The van der Waals surface area contributed by atoms with Crippen molar-refractivity contribution in [2.24, 2.45) is 10.2 Å². The van der Waals surface area contributed by atoms with Crippen LogP contribution in [0.2, 0.25) is 0 Å². The summed E-state index contributed by atoms with van der Waals surface area (Å²) in [6, 6.07) is 19.3. The van der Waals surface area contributed by atoms with Gasteiger partial charge in [-0.05, 0) is 17.7 Å². The van der Waals surface area contributed by atoms with Crippen LogP contribution in [-0.2, 0) is 0 Å². The number of carbonyl (C=O) groups excluding carboxylic acids is 1. The predicted molar refractivity (Wildman–Crippen MR) is 91.0 cm³/mol. The molecule has 2 aromatic carbocycles. The second kappa shape index (κ2) is 6.93. The Hall–Kier alpha value is -2.86. The van der Waals surface area contributed by atoms with Gasteiger partial charge in [0.15, 0.2) is 10.8 Å². The third kappa shape index (κ3) is 3.67. The zero-order valence-corrected chi connectivity index (χ0v) is 13.3. The van der Waals surface area contributed by atoms with Crippen molar-refractivity contribution in [1.29, 1.82) is 0 Å². The van der Waals surface area contributed by atoms with E-state index in [9.17, 15) is 4.79 Å². The zero-order valence-electron chi connectivity index (χ0n) is 12.5. The van der Waals surface area contributed by atoms with Crippen LogP contribution in [0, 0.1) is 0 Å². The number of hydrogen-bond donors (Lipinski definition) is 0. The summed E-state index contributed by atoms with van der Waals surface area (Å²) >= 11 is 1.22. The standard InChI is InChI=1S/C17H14N4OS/c1-13(22)16-20-21(15-10-6-3-7-11-15)17(23-16)19-18-12-14-8-4-2-5-9-14/h2-12H,1H3/b18-12+,19-17-. The maximum Gasteiger partial charge on any atom is 0.233 e. The molecule has 0 saturated carbocycles. The second-order valence-corrected chi connectivity index (χ2v) is 5.70. The van der Waals surface area contributed by atoms with E-state index >= 15 is 0 Å². The van der Waals surface area contributed by atoms with Gasteiger partial charge in [0.05, 0.1) is 11.9 Å². The molecule has 0 aliphatic rings. The van der Waals surface area contributed by atoms with Crippen LogP contribution >= 0.6 is 11.3 Å². The number of nitrogens with zero attached hydrogens (tertiary/aromatic N) is 4. The van der Waals surface area contributed by atoms with Gasteiger partial charge in [0, 0.05) is 6.92 Å². The quantitative estimate of drug-likeness (QED) is 0.421. The molecule has 23 heavy (non-hydrogen) atoms. The maximum atomic E-state index is 11.6. The van der Waals surface area contributed by atoms with E-state index in [0.29, 0.717) is 9.81 Å². The number of ketones is 1. The number of rotatable bonds is 4. The van der Waals surface area contributed by atoms with Crippen LogP contribution in [0.5, 0.6) is 0 Å². The van der Waals surface area contributed by atoms with Crippen LogP contribution in [0.3, 0.4) is 0 Å². The van der Waals surface area contributed by atoms with E-state index in [-0.39, 0.29) is 5.78 Å². The fourth-order valence-corrected chi connectivity index (χ4v) is 2.67. The minimum Gasteiger partial charge on any atom is -0.292 e. The molecule has 0 spiro atoms. The molecule has 0 radical (unpaired) electrons. The Morgan fingerprint density at radius 3 is 2.39 bits per heavy atom. The number of benzene rings is 2. The lowest BCUT2D eigenvalue weighted by Crippen LogP contribution is -2.13. The summed E-state index contributed by atoms with van der Waals surface area (Å²) in [5, 5.41) is 13.1. The van der Waals surface area contributed by atoms with Crippen LogP contribution in [0.1, 0.15) is 22.3 Å². The fraction of sp³-hybridized carbons (Fsp3) is 0.0588. The van der Waals surface area contributed by atoms with Crippen molar-refractivity contribution in [3.8, 4) is 5.69 Å². The zero-order chi connectivity index (χ0) is 16.1. The number of hydrogen-bond acceptors (Lipinski definition) is 5. The van der Waals surface area contributed by atoms with E-state index in [0.717, 1.165) is 11.3 Å². The highest BCUT2D eigenvalue weighted by Gasteiger charge is 2.10. The van der Waals surface area contributed by atoms with E-state index < -0.39 is 0 Å². The molecule has 0 aliphatic carbocycles. The van der Waals surface area contributed by atoms with E-state index in [2.05, 4.69) is 15.3 Å². The molecule has 0 N–H and O–H groups in total. The Morgan fingerprint density at radius 2 is 1.74 bits per heavy atom. The van der Waals surface area contributed by atoms with Crippen molar-refractivity contribution in [3.05, 3.63) is 76.0 Å². The Balaban J connectivity index is 2.02. The van der Waals surface area contributed by atoms with Crippen molar-refractivity contribution < 1.29 is 4.79 Å².